The average molecular weight is 505 g/mol. The fraction of sp³-hybridized carbons (Fsp3) is 0.0667. The summed E-state index contributed by atoms with van der Waals surface area (Å²) in [5.41, 5.74) is 1.47. The van der Waals surface area contributed by atoms with Crippen LogP contribution in [0.4, 0.5) is 17.1 Å². The van der Waals surface area contributed by atoms with Gasteiger partial charge < -0.3 is 20.5 Å². The Morgan fingerprint density at radius 3 is 2.26 bits per heavy atom. The van der Waals surface area contributed by atoms with Gasteiger partial charge in [0.05, 0.1) is 12.7 Å². The number of azo groups is 1. The molecule has 0 atom stereocenters. The smallest absolute Gasteiger partial charge is 0.259 e. The minimum atomic E-state index is -0.486. The van der Waals surface area contributed by atoms with Crippen LogP contribution in [0.1, 0.15) is 20.7 Å². The number of rotatable bonds is 6. The Morgan fingerprint density at radius 2 is 1.50 bits per heavy atom. The number of ether oxygens (including phenoxy) is 1. The van der Waals surface area contributed by atoms with Crippen molar-refractivity contribution in [2.75, 3.05) is 19.5 Å². The standard InChI is InChI=1S/C30H24N4O4/c1-31-29(36)20-14-15-26(38-2)25(17-20)33-34-27-22-12-6-4-9-19(22)16-23(28(27)35)30(37)32-24-13-7-10-18-8-3-5-11-21(18)24/h3-17,35H,1-2H3,(H,31,36)(H,32,37)/b34-33+. The van der Waals surface area contributed by atoms with Gasteiger partial charge in [0, 0.05) is 29.1 Å². The van der Waals surface area contributed by atoms with E-state index in [9.17, 15) is 14.7 Å². The number of anilines is 1. The summed E-state index contributed by atoms with van der Waals surface area (Å²) in [4.78, 5) is 25.5. The lowest BCUT2D eigenvalue weighted by Gasteiger charge is -2.13. The van der Waals surface area contributed by atoms with Crippen LogP contribution in [0.25, 0.3) is 21.5 Å². The molecule has 0 aliphatic rings. The van der Waals surface area contributed by atoms with Crippen molar-refractivity contribution in [3.63, 3.8) is 0 Å². The van der Waals surface area contributed by atoms with E-state index < -0.39 is 5.91 Å². The summed E-state index contributed by atoms with van der Waals surface area (Å²) < 4.78 is 5.37. The Morgan fingerprint density at radius 1 is 0.789 bits per heavy atom. The van der Waals surface area contributed by atoms with E-state index in [-0.39, 0.29) is 22.9 Å². The first-order chi connectivity index (χ1) is 18.5. The van der Waals surface area contributed by atoms with Crippen LogP contribution in [0, 0.1) is 0 Å². The quantitative estimate of drug-likeness (QED) is 0.222. The van der Waals surface area contributed by atoms with Crippen LogP contribution in [0.3, 0.4) is 0 Å². The maximum absolute atomic E-state index is 13.4. The molecule has 0 aromatic heterocycles. The first kappa shape index (κ1) is 24.5. The van der Waals surface area contributed by atoms with Crippen LogP contribution in [0.5, 0.6) is 11.5 Å². The summed E-state index contributed by atoms with van der Waals surface area (Å²) in [6.07, 6.45) is 0. The number of carbonyl (C=O) groups is 2. The number of methoxy groups -OCH3 is 1. The number of nitrogens with zero attached hydrogens (tertiary/aromatic N) is 2. The molecule has 3 N–H and O–H groups in total. The molecule has 38 heavy (non-hydrogen) atoms. The highest BCUT2D eigenvalue weighted by Gasteiger charge is 2.19. The van der Waals surface area contributed by atoms with Crippen LogP contribution >= 0.6 is 0 Å². The zero-order valence-electron chi connectivity index (χ0n) is 20.7. The number of carbonyl (C=O) groups excluding carboxylic acids is 2. The third-order valence-electron chi connectivity index (χ3n) is 6.20. The molecule has 0 unspecified atom stereocenters. The number of phenols is 1. The molecule has 2 amide bonds. The van der Waals surface area contributed by atoms with Gasteiger partial charge in [-0.25, -0.2) is 0 Å². The van der Waals surface area contributed by atoms with Crippen LogP contribution in [-0.2, 0) is 0 Å². The number of nitrogens with one attached hydrogen (secondary N) is 2. The summed E-state index contributed by atoms with van der Waals surface area (Å²) >= 11 is 0. The maximum atomic E-state index is 13.4. The van der Waals surface area contributed by atoms with Crippen molar-refractivity contribution in [3.8, 4) is 11.5 Å². The first-order valence-corrected chi connectivity index (χ1v) is 11.9. The number of hydrogen-bond acceptors (Lipinski definition) is 6. The Labute approximate surface area is 218 Å². The number of benzene rings is 5. The molecule has 0 aliphatic carbocycles. The summed E-state index contributed by atoms with van der Waals surface area (Å²) in [6, 6.07) is 27.0. The summed E-state index contributed by atoms with van der Waals surface area (Å²) in [5, 5.41) is 28.5. The van der Waals surface area contributed by atoms with Crippen LogP contribution in [0.15, 0.2) is 101 Å². The molecule has 0 fully saturated rings. The van der Waals surface area contributed by atoms with E-state index in [4.69, 9.17) is 4.74 Å². The molecule has 0 saturated heterocycles. The van der Waals surface area contributed by atoms with Gasteiger partial charge >= 0.3 is 0 Å². The normalized spacial score (nSPS) is 11.1. The number of phenolic OH excluding ortho intramolecular Hbond substituents is 1. The van der Waals surface area contributed by atoms with Crippen LogP contribution in [-0.4, -0.2) is 31.1 Å². The summed E-state index contributed by atoms with van der Waals surface area (Å²) in [7, 11) is 3.02. The van der Waals surface area contributed by atoms with Gasteiger partial charge in [-0.1, -0.05) is 60.7 Å². The van der Waals surface area contributed by atoms with Crippen LogP contribution < -0.4 is 15.4 Å². The molecule has 8 nitrogen and oxygen atoms in total. The number of amides is 2. The Balaban J connectivity index is 1.58. The number of hydrogen-bond donors (Lipinski definition) is 3. The maximum Gasteiger partial charge on any atom is 0.259 e. The third kappa shape index (κ3) is 4.62. The fourth-order valence-corrected chi connectivity index (χ4v) is 4.27. The van der Waals surface area contributed by atoms with Crippen molar-refractivity contribution in [1.82, 2.24) is 5.32 Å². The molecule has 5 aromatic rings. The van der Waals surface area contributed by atoms with Gasteiger partial charge in [-0.3, -0.25) is 9.59 Å². The zero-order chi connectivity index (χ0) is 26.6. The largest absolute Gasteiger partial charge is 0.505 e. The predicted molar refractivity (Wildman–Crippen MR) is 148 cm³/mol. The lowest BCUT2D eigenvalue weighted by atomic mass is 10.0. The lowest BCUT2D eigenvalue weighted by Crippen LogP contribution is -2.17. The Kier molecular flexibility index (Phi) is 6.69. The van der Waals surface area contributed by atoms with Gasteiger partial charge in [-0.05, 0) is 41.1 Å². The van der Waals surface area contributed by atoms with Crippen molar-refractivity contribution in [1.29, 1.82) is 0 Å². The van der Waals surface area contributed by atoms with E-state index in [1.165, 1.54) is 20.2 Å². The van der Waals surface area contributed by atoms with Crippen molar-refractivity contribution in [2.24, 2.45) is 10.2 Å². The molecular formula is C30H24N4O4. The topological polar surface area (TPSA) is 112 Å². The fourth-order valence-electron chi connectivity index (χ4n) is 4.27. The average Bonchev–Trinajstić information content (AvgIpc) is 2.96. The highest BCUT2D eigenvalue weighted by atomic mass is 16.5. The van der Waals surface area contributed by atoms with E-state index in [0.29, 0.717) is 33.5 Å². The SMILES string of the molecule is CNC(=O)c1ccc(OC)c(/N=N/c2c(O)c(C(=O)Nc3cccc4ccccc34)cc3ccccc23)c1. The predicted octanol–water partition coefficient (Wildman–Crippen LogP) is 6.73. The van der Waals surface area contributed by atoms with Gasteiger partial charge in [-0.2, -0.15) is 0 Å². The molecule has 0 radical (unpaired) electrons. The van der Waals surface area contributed by atoms with E-state index in [1.54, 1.807) is 24.3 Å². The molecule has 8 heteroatoms. The van der Waals surface area contributed by atoms with Crippen LogP contribution in [0.2, 0.25) is 0 Å². The van der Waals surface area contributed by atoms with Gasteiger partial charge in [-0.15, -0.1) is 10.2 Å². The molecule has 5 aromatic carbocycles. The second-order valence-electron chi connectivity index (χ2n) is 8.49. The van der Waals surface area contributed by atoms with E-state index >= 15 is 0 Å². The van der Waals surface area contributed by atoms with Gasteiger partial charge in [0.1, 0.15) is 17.1 Å². The second-order valence-corrected chi connectivity index (χ2v) is 8.49. The lowest BCUT2D eigenvalue weighted by molar-refractivity contribution is 0.0962. The molecule has 188 valence electrons. The molecule has 0 saturated carbocycles. The van der Waals surface area contributed by atoms with Crippen molar-refractivity contribution >= 4 is 50.4 Å². The highest BCUT2D eigenvalue weighted by molar-refractivity contribution is 6.14. The van der Waals surface area contributed by atoms with E-state index in [0.717, 1.165) is 10.8 Å². The minimum Gasteiger partial charge on any atom is -0.505 e. The summed E-state index contributed by atoms with van der Waals surface area (Å²) in [5.74, 6) is -0.689. The molecule has 0 heterocycles. The van der Waals surface area contributed by atoms with E-state index in [1.807, 2.05) is 60.7 Å². The zero-order valence-corrected chi connectivity index (χ0v) is 20.7. The van der Waals surface area contributed by atoms with Gasteiger partial charge in [0.2, 0.25) is 0 Å². The number of fused-ring (bicyclic) bond motifs is 2. The molecule has 5 rings (SSSR count). The summed E-state index contributed by atoms with van der Waals surface area (Å²) in [6.45, 7) is 0. The molecule has 0 spiro atoms. The third-order valence-corrected chi connectivity index (χ3v) is 6.20. The highest BCUT2D eigenvalue weighted by Crippen LogP contribution is 2.41. The van der Waals surface area contributed by atoms with Crippen molar-refractivity contribution < 1.29 is 19.4 Å². The first-order valence-electron chi connectivity index (χ1n) is 11.9. The number of aromatic hydroxyl groups is 1. The van der Waals surface area contributed by atoms with Gasteiger partial charge in [0.15, 0.2) is 5.75 Å². The minimum absolute atomic E-state index is 0.0525. The Bertz CT molecular complexity index is 1720. The molecular weight excluding hydrogens is 480 g/mol. The molecule has 0 aliphatic heterocycles. The molecule has 0 bridgehead atoms. The van der Waals surface area contributed by atoms with Gasteiger partial charge in [0.25, 0.3) is 11.8 Å². The monoisotopic (exact) mass is 504 g/mol. The Hall–Kier alpha value is -5.24. The van der Waals surface area contributed by atoms with Crippen molar-refractivity contribution in [3.05, 3.63) is 102 Å². The van der Waals surface area contributed by atoms with Crippen molar-refractivity contribution in [2.45, 2.75) is 0 Å². The van der Waals surface area contributed by atoms with E-state index in [2.05, 4.69) is 20.9 Å². The second kappa shape index (κ2) is 10.4.